The van der Waals surface area contributed by atoms with Crippen LogP contribution < -0.4 is 10.6 Å². The summed E-state index contributed by atoms with van der Waals surface area (Å²) in [5.41, 5.74) is 0. The van der Waals surface area contributed by atoms with Crippen molar-refractivity contribution in [2.24, 2.45) is 11.8 Å². The largest absolute Gasteiger partial charge is 0.467 e. The molecule has 0 aromatic carbocycles. The molecule has 2 unspecified atom stereocenters. The van der Waals surface area contributed by atoms with Gasteiger partial charge in [0.15, 0.2) is 6.61 Å². The fraction of sp³-hybridized carbons (Fsp3) is 0.421. The van der Waals surface area contributed by atoms with Gasteiger partial charge in [0.2, 0.25) is 11.8 Å². The van der Waals surface area contributed by atoms with Crippen molar-refractivity contribution < 1.29 is 33.1 Å². The van der Waals surface area contributed by atoms with Gasteiger partial charge in [0.05, 0.1) is 24.6 Å². The Bertz CT molecular complexity index is 820. The summed E-state index contributed by atoms with van der Waals surface area (Å²) in [6.45, 7) is 0.734. The quantitative estimate of drug-likeness (QED) is 0.401. The van der Waals surface area contributed by atoms with Crippen molar-refractivity contribution in [3.8, 4) is 0 Å². The summed E-state index contributed by atoms with van der Waals surface area (Å²) in [4.78, 5) is 61.5. The standard InChI is InChI=1S/C19H21N3O7/c1-11(22-16(24)13-6-2-3-7-14(13)17(22)25)18(26)29-10-15(23)21-19(27)20-9-12-5-4-8-28-12/h2-5,8,11,13-14H,6-7,9-10H2,1H3,(H2,20,21,23,27)/t11-,13?,14?/m0/s1. The van der Waals surface area contributed by atoms with Gasteiger partial charge in [-0.2, -0.15) is 0 Å². The number of rotatable bonds is 6. The second-order valence-corrected chi connectivity index (χ2v) is 6.80. The Kier molecular flexibility index (Phi) is 6.10. The number of nitrogens with zero attached hydrogens (tertiary/aromatic N) is 1. The molecule has 1 aliphatic heterocycles. The number of hydrogen-bond acceptors (Lipinski definition) is 7. The first-order chi connectivity index (χ1) is 13.9. The predicted octanol–water partition coefficient (Wildman–Crippen LogP) is 0.488. The van der Waals surface area contributed by atoms with Crippen molar-refractivity contribution >= 4 is 29.7 Å². The first-order valence-corrected chi connectivity index (χ1v) is 9.17. The van der Waals surface area contributed by atoms with Crippen LogP contribution in [0.15, 0.2) is 35.0 Å². The first kappa shape index (κ1) is 20.3. The summed E-state index contributed by atoms with van der Waals surface area (Å²) < 4.78 is 9.90. The number of nitrogens with one attached hydrogen (secondary N) is 2. The lowest BCUT2D eigenvalue weighted by Crippen LogP contribution is -2.46. The number of imide groups is 2. The first-order valence-electron chi connectivity index (χ1n) is 9.17. The zero-order chi connectivity index (χ0) is 21.0. The second kappa shape index (κ2) is 8.72. The number of esters is 1. The molecule has 10 nitrogen and oxygen atoms in total. The van der Waals surface area contributed by atoms with E-state index in [1.807, 2.05) is 17.5 Å². The van der Waals surface area contributed by atoms with Crippen molar-refractivity contribution in [1.82, 2.24) is 15.5 Å². The molecule has 1 aromatic rings. The third kappa shape index (κ3) is 4.53. The minimum absolute atomic E-state index is 0.0826. The summed E-state index contributed by atoms with van der Waals surface area (Å²) >= 11 is 0. The fourth-order valence-electron chi connectivity index (χ4n) is 3.36. The van der Waals surface area contributed by atoms with Crippen LogP contribution in [0.2, 0.25) is 0 Å². The van der Waals surface area contributed by atoms with E-state index in [9.17, 15) is 24.0 Å². The van der Waals surface area contributed by atoms with Crippen LogP contribution in [0.4, 0.5) is 4.79 Å². The number of carbonyl (C=O) groups is 5. The fourth-order valence-corrected chi connectivity index (χ4v) is 3.36. The van der Waals surface area contributed by atoms with Gasteiger partial charge in [-0.1, -0.05) is 12.2 Å². The normalized spacial score (nSPS) is 21.5. The summed E-state index contributed by atoms with van der Waals surface area (Å²) in [5.74, 6) is -2.97. The summed E-state index contributed by atoms with van der Waals surface area (Å²) in [5, 5.41) is 4.40. The molecule has 0 spiro atoms. The van der Waals surface area contributed by atoms with Crippen molar-refractivity contribution in [1.29, 1.82) is 0 Å². The van der Waals surface area contributed by atoms with Crippen molar-refractivity contribution in [3.63, 3.8) is 0 Å². The SMILES string of the molecule is C[C@@H](C(=O)OCC(=O)NC(=O)NCc1ccco1)N1C(=O)C2CC=CCC2C1=O. The van der Waals surface area contributed by atoms with Crippen LogP contribution in [-0.2, 0) is 30.5 Å². The van der Waals surface area contributed by atoms with Gasteiger partial charge in [0.25, 0.3) is 5.91 Å². The number of urea groups is 1. The number of hydrogen-bond donors (Lipinski definition) is 2. The molecule has 1 fully saturated rings. The molecule has 1 saturated heterocycles. The molecule has 0 radical (unpaired) electrons. The molecule has 2 aliphatic rings. The lowest BCUT2D eigenvalue weighted by Gasteiger charge is -2.21. The molecule has 154 valence electrons. The van der Waals surface area contributed by atoms with E-state index in [0.717, 1.165) is 4.90 Å². The van der Waals surface area contributed by atoms with Gasteiger partial charge in [-0.3, -0.25) is 24.6 Å². The average molecular weight is 403 g/mol. The topological polar surface area (TPSA) is 135 Å². The Balaban J connectivity index is 1.45. The van der Waals surface area contributed by atoms with Gasteiger partial charge in [0, 0.05) is 0 Å². The number of likely N-dealkylation sites (tertiary alicyclic amines) is 1. The number of amides is 5. The Hall–Kier alpha value is -3.43. The smallest absolute Gasteiger partial charge is 0.329 e. The van der Waals surface area contributed by atoms with E-state index >= 15 is 0 Å². The highest BCUT2D eigenvalue weighted by Crippen LogP contribution is 2.36. The molecule has 10 heteroatoms. The minimum Gasteiger partial charge on any atom is -0.467 e. The third-order valence-electron chi connectivity index (χ3n) is 4.87. The van der Waals surface area contributed by atoms with Crippen LogP contribution in [0.1, 0.15) is 25.5 Å². The van der Waals surface area contributed by atoms with E-state index in [1.54, 1.807) is 12.1 Å². The Morgan fingerprint density at radius 1 is 1.21 bits per heavy atom. The van der Waals surface area contributed by atoms with Crippen molar-refractivity contribution in [2.45, 2.75) is 32.4 Å². The van der Waals surface area contributed by atoms with Crippen LogP contribution in [0.5, 0.6) is 0 Å². The van der Waals surface area contributed by atoms with Crippen molar-refractivity contribution in [3.05, 3.63) is 36.3 Å². The predicted molar refractivity (Wildman–Crippen MR) is 96.7 cm³/mol. The van der Waals surface area contributed by atoms with E-state index in [1.165, 1.54) is 13.2 Å². The lowest BCUT2D eigenvalue weighted by atomic mass is 9.85. The average Bonchev–Trinajstić information content (AvgIpc) is 3.31. The third-order valence-corrected chi connectivity index (χ3v) is 4.87. The molecule has 3 atom stereocenters. The van der Waals surface area contributed by atoms with Gasteiger partial charge in [-0.05, 0) is 31.9 Å². The summed E-state index contributed by atoms with van der Waals surface area (Å²) in [6.07, 6.45) is 6.06. The molecule has 0 bridgehead atoms. The molecule has 2 N–H and O–H groups in total. The molecular weight excluding hydrogens is 382 g/mol. The van der Waals surface area contributed by atoms with Gasteiger partial charge in [0.1, 0.15) is 11.8 Å². The van der Waals surface area contributed by atoms with Crippen molar-refractivity contribution in [2.75, 3.05) is 6.61 Å². The highest BCUT2D eigenvalue weighted by molar-refractivity contribution is 6.08. The minimum atomic E-state index is -1.15. The van der Waals surface area contributed by atoms with Crippen LogP contribution in [-0.4, -0.2) is 47.3 Å². The van der Waals surface area contributed by atoms with Gasteiger partial charge < -0.3 is 14.5 Å². The lowest BCUT2D eigenvalue weighted by molar-refractivity contribution is -0.159. The number of ether oxygens (including phenoxy) is 1. The number of furan rings is 1. The molecule has 0 saturated carbocycles. The van der Waals surface area contributed by atoms with Crippen LogP contribution in [0.25, 0.3) is 0 Å². The van der Waals surface area contributed by atoms with Gasteiger partial charge >= 0.3 is 12.0 Å². The molecule has 1 aromatic heterocycles. The van der Waals surface area contributed by atoms with Crippen LogP contribution in [0.3, 0.4) is 0 Å². The zero-order valence-corrected chi connectivity index (χ0v) is 15.8. The van der Waals surface area contributed by atoms with Gasteiger partial charge in [-0.15, -0.1) is 0 Å². The van der Waals surface area contributed by atoms with E-state index in [-0.39, 0.29) is 6.54 Å². The summed E-state index contributed by atoms with van der Waals surface area (Å²) in [7, 11) is 0. The van der Waals surface area contributed by atoms with Gasteiger partial charge in [-0.25, -0.2) is 9.59 Å². The monoisotopic (exact) mass is 403 g/mol. The summed E-state index contributed by atoms with van der Waals surface area (Å²) in [6, 6.07) is 1.37. The maximum atomic E-state index is 12.5. The van der Waals surface area contributed by atoms with E-state index < -0.39 is 54.2 Å². The Labute approximate surface area is 166 Å². The molecule has 1 aliphatic carbocycles. The van der Waals surface area contributed by atoms with Crippen LogP contribution >= 0.6 is 0 Å². The maximum Gasteiger partial charge on any atom is 0.329 e. The number of fused-ring (bicyclic) bond motifs is 1. The van der Waals surface area contributed by atoms with E-state index in [2.05, 4.69) is 5.32 Å². The second-order valence-electron chi connectivity index (χ2n) is 6.80. The Morgan fingerprint density at radius 2 is 1.86 bits per heavy atom. The van der Waals surface area contributed by atoms with E-state index in [0.29, 0.717) is 18.6 Å². The highest BCUT2D eigenvalue weighted by atomic mass is 16.5. The molecule has 5 amide bonds. The molecular formula is C19H21N3O7. The maximum absolute atomic E-state index is 12.5. The van der Waals surface area contributed by atoms with E-state index in [4.69, 9.17) is 9.15 Å². The molecule has 2 heterocycles. The number of carbonyl (C=O) groups excluding carboxylic acids is 5. The highest BCUT2D eigenvalue weighted by Gasteiger charge is 2.50. The number of allylic oxidation sites excluding steroid dienone is 2. The molecule has 29 heavy (non-hydrogen) atoms. The van der Waals surface area contributed by atoms with Crippen LogP contribution in [0, 0.1) is 11.8 Å². The Morgan fingerprint density at radius 3 is 2.45 bits per heavy atom. The molecule has 3 rings (SSSR count). The zero-order valence-electron chi connectivity index (χ0n) is 15.8.